The maximum absolute atomic E-state index is 11.6. The summed E-state index contributed by atoms with van der Waals surface area (Å²) in [4.78, 5) is 46.3. The molecule has 45 heavy (non-hydrogen) atoms. The minimum Gasteiger partial charge on any atom is -0.463 e. The third kappa shape index (κ3) is 32.8. The number of rotatable bonds is 28. The fraction of sp³-hybridized carbons (Fsp3) is 0.862. The molecule has 0 spiro atoms. The van der Waals surface area contributed by atoms with Crippen molar-refractivity contribution in [2.75, 3.05) is 102 Å². The second kappa shape index (κ2) is 37.6. The van der Waals surface area contributed by atoms with Gasteiger partial charge >= 0.3 is 23.9 Å². The van der Waals surface area contributed by atoms with Crippen molar-refractivity contribution in [3.05, 3.63) is 0 Å². The van der Waals surface area contributed by atoms with E-state index in [9.17, 15) is 19.2 Å². The van der Waals surface area contributed by atoms with E-state index < -0.39 is 5.41 Å². The Labute approximate surface area is 293 Å². The van der Waals surface area contributed by atoms with Gasteiger partial charge in [-0.25, -0.2) is 0 Å². The highest BCUT2D eigenvalue weighted by Crippen LogP contribution is 2.21. The van der Waals surface area contributed by atoms with Gasteiger partial charge in [0.2, 0.25) is 0 Å². The first-order valence-electron chi connectivity index (χ1n) is 13.2. The molecule has 0 atom stereocenters. The van der Waals surface area contributed by atoms with E-state index in [2.05, 4.69) is 50.5 Å². The average molecular weight is 729 g/mol. The molecule has 12 nitrogen and oxygen atoms in total. The van der Waals surface area contributed by atoms with E-state index in [-0.39, 0.29) is 159 Å². The zero-order chi connectivity index (χ0) is 30.6. The first-order chi connectivity index (χ1) is 19.8. The van der Waals surface area contributed by atoms with Gasteiger partial charge in [-0.2, -0.15) is 50.5 Å². The molecule has 0 fully saturated rings. The quantitative estimate of drug-likeness (QED) is 0.0400. The van der Waals surface area contributed by atoms with E-state index in [1.807, 2.05) is 0 Å². The first kappa shape index (κ1) is 53.6. The van der Waals surface area contributed by atoms with Crippen LogP contribution in [0.15, 0.2) is 0 Å². The predicted molar refractivity (Wildman–Crippen MR) is 190 cm³/mol. The standard InChI is InChI=1S/C25H44O12S4.4CH4/c26-21(1-13-38)34-9-5-30-17-25(18-31-6-10-35-22(27)2-14-39,19-32-7-11-36-23(28)3-15-40)20-33-8-12-37-24(29)4-16-41;;;;/h38-41H,1-20H2;4*1H4. The van der Waals surface area contributed by atoms with Crippen LogP contribution in [0.3, 0.4) is 0 Å². The third-order valence-electron chi connectivity index (χ3n) is 4.86. The Morgan fingerprint density at radius 3 is 0.756 bits per heavy atom. The number of hydrogen-bond donors (Lipinski definition) is 4. The van der Waals surface area contributed by atoms with Gasteiger partial charge in [0, 0.05) is 23.0 Å². The Balaban J connectivity index is -0.00000133. The Bertz CT molecular complexity index is 599. The molecule has 0 unspecified atom stereocenters. The van der Waals surface area contributed by atoms with E-state index in [0.29, 0.717) is 23.0 Å². The molecule has 16 heteroatoms. The lowest BCUT2D eigenvalue weighted by atomic mass is 9.92. The molecule has 0 amide bonds. The van der Waals surface area contributed by atoms with Crippen LogP contribution in [0, 0.1) is 5.41 Å². The van der Waals surface area contributed by atoms with Gasteiger partial charge in [-0.05, 0) is 0 Å². The van der Waals surface area contributed by atoms with E-state index in [1.54, 1.807) is 0 Å². The molecule has 0 saturated carbocycles. The van der Waals surface area contributed by atoms with Crippen molar-refractivity contribution in [3.8, 4) is 0 Å². The Kier molecular flexibility index (Phi) is 44.8. The van der Waals surface area contributed by atoms with Crippen molar-refractivity contribution < 1.29 is 57.1 Å². The summed E-state index contributed by atoms with van der Waals surface area (Å²) in [5.41, 5.74) is -0.853. The van der Waals surface area contributed by atoms with Crippen LogP contribution in [0.1, 0.15) is 55.4 Å². The summed E-state index contributed by atoms with van der Waals surface area (Å²) in [7, 11) is 0. The van der Waals surface area contributed by atoms with Crippen LogP contribution in [-0.4, -0.2) is 126 Å². The molecule has 0 heterocycles. The largest absolute Gasteiger partial charge is 0.463 e. The number of ether oxygens (including phenoxy) is 8. The van der Waals surface area contributed by atoms with Crippen LogP contribution < -0.4 is 0 Å². The maximum atomic E-state index is 11.6. The lowest BCUT2D eigenvalue weighted by Crippen LogP contribution is -2.43. The topological polar surface area (TPSA) is 142 Å². The molecular weight excluding hydrogens is 669 g/mol. The molecule has 0 aromatic carbocycles. The molecule has 272 valence electrons. The van der Waals surface area contributed by atoms with Gasteiger partial charge in [-0.1, -0.05) is 29.7 Å². The Morgan fingerprint density at radius 2 is 0.578 bits per heavy atom. The van der Waals surface area contributed by atoms with Gasteiger partial charge in [-0.3, -0.25) is 19.2 Å². The molecule has 0 radical (unpaired) electrons. The third-order valence-corrected chi connectivity index (χ3v) is 5.75. The molecule has 0 N–H and O–H groups in total. The van der Waals surface area contributed by atoms with Gasteiger partial charge in [-0.15, -0.1) is 0 Å². The lowest BCUT2D eigenvalue weighted by Gasteiger charge is -2.33. The highest BCUT2D eigenvalue weighted by atomic mass is 32.1. The monoisotopic (exact) mass is 728 g/mol. The second-order valence-electron chi connectivity index (χ2n) is 8.49. The normalized spacial score (nSPS) is 10.2. The van der Waals surface area contributed by atoms with Gasteiger partial charge < -0.3 is 37.9 Å². The number of carbonyl (C=O) groups excluding carboxylic acids is 4. The van der Waals surface area contributed by atoms with Crippen LogP contribution in [0.2, 0.25) is 0 Å². The summed E-state index contributed by atoms with van der Waals surface area (Å²) in [6.45, 7) is 1.03. The summed E-state index contributed by atoms with van der Waals surface area (Å²) >= 11 is 16.0. The average Bonchev–Trinajstić information content (AvgIpc) is 2.93. The number of carbonyl (C=O) groups is 4. The maximum Gasteiger partial charge on any atom is 0.306 e. The highest BCUT2D eigenvalue weighted by Gasteiger charge is 2.33. The Hall–Kier alpha value is -0.880. The minimum absolute atomic E-state index is 0. The van der Waals surface area contributed by atoms with Crippen molar-refractivity contribution in [2.24, 2.45) is 5.41 Å². The molecule has 0 aromatic rings. The van der Waals surface area contributed by atoms with Crippen LogP contribution in [0.25, 0.3) is 0 Å². The zero-order valence-corrected chi connectivity index (χ0v) is 26.9. The summed E-state index contributed by atoms with van der Waals surface area (Å²) < 4.78 is 43.5. The molecule has 0 saturated heterocycles. The fourth-order valence-electron chi connectivity index (χ4n) is 2.92. The molecule has 0 aliphatic heterocycles. The van der Waals surface area contributed by atoms with E-state index in [1.165, 1.54) is 0 Å². The van der Waals surface area contributed by atoms with Gasteiger partial charge in [0.05, 0.1) is 84.0 Å². The van der Waals surface area contributed by atoms with Crippen molar-refractivity contribution in [1.29, 1.82) is 0 Å². The fourth-order valence-corrected chi connectivity index (χ4v) is 3.65. The van der Waals surface area contributed by atoms with Crippen molar-refractivity contribution in [2.45, 2.75) is 55.4 Å². The second-order valence-corrected chi connectivity index (χ2v) is 10.3. The molecule has 0 bridgehead atoms. The van der Waals surface area contributed by atoms with Crippen molar-refractivity contribution >= 4 is 74.4 Å². The summed E-state index contributed by atoms with van der Waals surface area (Å²) in [5.74, 6) is 0.0163. The van der Waals surface area contributed by atoms with Gasteiger partial charge in [0.1, 0.15) is 26.4 Å². The van der Waals surface area contributed by atoms with Gasteiger partial charge in [0.15, 0.2) is 0 Å². The predicted octanol–water partition coefficient (Wildman–Crippen LogP) is 4.04. The van der Waals surface area contributed by atoms with Crippen LogP contribution in [0.5, 0.6) is 0 Å². The summed E-state index contributed by atoms with van der Waals surface area (Å²) in [6.07, 6.45) is 0.771. The van der Waals surface area contributed by atoms with Crippen LogP contribution in [-0.2, 0) is 57.1 Å². The molecule has 0 aliphatic carbocycles. The van der Waals surface area contributed by atoms with Gasteiger partial charge in [0.25, 0.3) is 0 Å². The lowest BCUT2D eigenvalue weighted by molar-refractivity contribution is -0.151. The van der Waals surface area contributed by atoms with Crippen molar-refractivity contribution in [1.82, 2.24) is 0 Å². The first-order valence-corrected chi connectivity index (χ1v) is 15.7. The van der Waals surface area contributed by atoms with E-state index in [0.717, 1.165) is 0 Å². The number of thiol groups is 4. The highest BCUT2D eigenvalue weighted by molar-refractivity contribution is 7.80. The van der Waals surface area contributed by atoms with E-state index >= 15 is 0 Å². The zero-order valence-electron chi connectivity index (χ0n) is 23.3. The summed E-state index contributed by atoms with van der Waals surface area (Å²) in [5, 5.41) is 0. The molecule has 0 aliphatic rings. The van der Waals surface area contributed by atoms with Crippen molar-refractivity contribution in [3.63, 3.8) is 0 Å². The number of esters is 4. The molecule has 0 aromatic heterocycles. The minimum atomic E-state index is -0.853. The van der Waals surface area contributed by atoms with E-state index in [4.69, 9.17) is 37.9 Å². The number of hydrogen-bond acceptors (Lipinski definition) is 16. The smallest absolute Gasteiger partial charge is 0.306 e. The van der Waals surface area contributed by atoms with Crippen LogP contribution in [0.4, 0.5) is 0 Å². The summed E-state index contributed by atoms with van der Waals surface area (Å²) in [6, 6.07) is 0. The molecular formula is C29H60O12S4. The van der Waals surface area contributed by atoms with Crippen LogP contribution >= 0.6 is 50.5 Å². The Morgan fingerprint density at radius 1 is 0.378 bits per heavy atom. The SMILES string of the molecule is C.C.C.C.O=C(CCS)OCCOCC(COCCOC(=O)CCS)(COCCOC(=O)CCS)COCCOC(=O)CCS. The molecule has 0 rings (SSSR count).